The first-order valence-electron chi connectivity index (χ1n) is 6.40. The minimum absolute atomic E-state index is 0.131. The Labute approximate surface area is 108 Å². The number of hydrogen-bond donors (Lipinski definition) is 2. The third kappa shape index (κ3) is 3.43. The smallest absolute Gasteiger partial charge is 0.130 e. The van der Waals surface area contributed by atoms with Gasteiger partial charge in [0, 0.05) is 36.5 Å². The molecular formula is C14H23FN2O. The lowest BCUT2D eigenvalue weighted by atomic mass is 10.0. The molecule has 0 aliphatic rings. The summed E-state index contributed by atoms with van der Waals surface area (Å²) < 4.78 is 13.9. The second-order valence-electron chi connectivity index (χ2n) is 4.83. The van der Waals surface area contributed by atoms with E-state index < -0.39 is 0 Å². The third-order valence-electron chi connectivity index (χ3n) is 2.98. The minimum Gasteiger partial charge on any atom is -0.396 e. The highest BCUT2D eigenvalue weighted by molar-refractivity contribution is 5.56. The van der Waals surface area contributed by atoms with E-state index >= 15 is 0 Å². The van der Waals surface area contributed by atoms with E-state index in [1.54, 1.807) is 13.0 Å². The number of benzene rings is 1. The monoisotopic (exact) mass is 254 g/mol. The number of aliphatic hydroxyl groups is 1. The summed E-state index contributed by atoms with van der Waals surface area (Å²) in [5, 5.41) is 8.95. The van der Waals surface area contributed by atoms with Gasteiger partial charge in [-0.05, 0) is 39.3 Å². The Hall–Kier alpha value is -1.13. The van der Waals surface area contributed by atoms with Crippen LogP contribution in [0, 0.1) is 5.82 Å². The van der Waals surface area contributed by atoms with E-state index in [0.29, 0.717) is 18.5 Å². The summed E-state index contributed by atoms with van der Waals surface area (Å²) in [6.45, 7) is 6.70. The zero-order valence-corrected chi connectivity index (χ0v) is 11.4. The van der Waals surface area contributed by atoms with Gasteiger partial charge in [-0.1, -0.05) is 6.07 Å². The molecule has 0 aliphatic heterocycles. The standard InChI is InChI=1S/C14H23FN2O/c1-10(2)17(8-5-9-18)13-7-4-6-12(15)14(13)11(3)16/h4,6-7,10-11,18H,5,8-9,16H2,1-3H3. The van der Waals surface area contributed by atoms with E-state index in [1.165, 1.54) is 6.07 Å². The molecule has 1 atom stereocenters. The maximum Gasteiger partial charge on any atom is 0.130 e. The van der Waals surface area contributed by atoms with Crippen LogP contribution in [0.3, 0.4) is 0 Å². The molecule has 0 bridgehead atoms. The fourth-order valence-corrected chi connectivity index (χ4v) is 2.12. The molecule has 0 fully saturated rings. The molecular weight excluding hydrogens is 231 g/mol. The number of aliphatic hydroxyl groups excluding tert-OH is 1. The van der Waals surface area contributed by atoms with Gasteiger partial charge in [0.05, 0.1) is 0 Å². The molecule has 0 aliphatic carbocycles. The Bertz CT molecular complexity index is 380. The first-order chi connectivity index (χ1) is 8.49. The van der Waals surface area contributed by atoms with E-state index in [-0.39, 0.29) is 24.5 Å². The fraction of sp³-hybridized carbons (Fsp3) is 0.571. The Morgan fingerprint density at radius 3 is 2.50 bits per heavy atom. The van der Waals surface area contributed by atoms with Gasteiger partial charge in [-0.25, -0.2) is 4.39 Å². The predicted molar refractivity (Wildman–Crippen MR) is 73.2 cm³/mol. The molecule has 4 heteroatoms. The molecule has 0 saturated heterocycles. The molecule has 0 amide bonds. The highest BCUT2D eigenvalue weighted by atomic mass is 19.1. The van der Waals surface area contributed by atoms with E-state index in [9.17, 15) is 4.39 Å². The molecule has 1 unspecified atom stereocenters. The Balaban J connectivity index is 3.14. The van der Waals surface area contributed by atoms with Crippen LogP contribution >= 0.6 is 0 Å². The van der Waals surface area contributed by atoms with Gasteiger partial charge in [0.1, 0.15) is 5.82 Å². The Morgan fingerprint density at radius 1 is 1.33 bits per heavy atom. The predicted octanol–water partition coefficient (Wildman–Crippen LogP) is 2.44. The zero-order chi connectivity index (χ0) is 13.7. The summed E-state index contributed by atoms with van der Waals surface area (Å²) >= 11 is 0. The van der Waals surface area contributed by atoms with Gasteiger partial charge in [-0.2, -0.15) is 0 Å². The molecule has 0 radical (unpaired) electrons. The summed E-state index contributed by atoms with van der Waals surface area (Å²) in [5.74, 6) is -0.267. The molecule has 0 saturated carbocycles. The van der Waals surface area contributed by atoms with Gasteiger partial charge in [0.2, 0.25) is 0 Å². The average Bonchev–Trinajstić information content (AvgIpc) is 2.28. The number of rotatable bonds is 6. The molecule has 1 rings (SSSR count). The van der Waals surface area contributed by atoms with Crippen molar-refractivity contribution in [3.05, 3.63) is 29.6 Å². The topological polar surface area (TPSA) is 49.5 Å². The van der Waals surface area contributed by atoms with Crippen LogP contribution < -0.4 is 10.6 Å². The molecule has 0 aromatic heterocycles. The highest BCUT2D eigenvalue weighted by Crippen LogP contribution is 2.29. The number of nitrogens with zero attached hydrogens (tertiary/aromatic N) is 1. The van der Waals surface area contributed by atoms with Crippen LogP contribution in [0.15, 0.2) is 18.2 Å². The Kier molecular flexibility index (Phi) is 5.56. The van der Waals surface area contributed by atoms with Gasteiger partial charge in [-0.3, -0.25) is 0 Å². The van der Waals surface area contributed by atoms with E-state index in [1.807, 2.05) is 19.9 Å². The molecule has 0 spiro atoms. The summed E-state index contributed by atoms with van der Waals surface area (Å²) in [4.78, 5) is 2.08. The van der Waals surface area contributed by atoms with Gasteiger partial charge >= 0.3 is 0 Å². The maximum absolute atomic E-state index is 13.9. The van der Waals surface area contributed by atoms with Gasteiger partial charge in [0.25, 0.3) is 0 Å². The van der Waals surface area contributed by atoms with Crippen LogP contribution in [0.4, 0.5) is 10.1 Å². The number of nitrogens with two attached hydrogens (primary N) is 1. The van der Waals surface area contributed by atoms with Crippen LogP contribution in [-0.2, 0) is 0 Å². The first kappa shape index (κ1) is 14.9. The van der Waals surface area contributed by atoms with E-state index in [2.05, 4.69) is 4.90 Å². The van der Waals surface area contributed by atoms with Crippen molar-refractivity contribution in [1.29, 1.82) is 0 Å². The summed E-state index contributed by atoms with van der Waals surface area (Å²) in [6.07, 6.45) is 0.660. The SMILES string of the molecule is CC(N)c1c(F)cccc1N(CCCO)C(C)C. The summed E-state index contributed by atoms with van der Waals surface area (Å²) in [5.41, 5.74) is 7.24. The molecule has 3 N–H and O–H groups in total. The number of anilines is 1. The second kappa shape index (κ2) is 6.71. The van der Waals surface area contributed by atoms with Crippen LogP contribution in [-0.4, -0.2) is 24.3 Å². The lowest BCUT2D eigenvalue weighted by Gasteiger charge is -2.31. The minimum atomic E-state index is -0.350. The highest BCUT2D eigenvalue weighted by Gasteiger charge is 2.19. The van der Waals surface area contributed by atoms with Crippen molar-refractivity contribution in [3.63, 3.8) is 0 Å². The summed E-state index contributed by atoms with van der Waals surface area (Å²) in [7, 11) is 0. The van der Waals surface area contributed by atoms with Crippen molar-refractivity contribution >= 4 is 5.69 Å². The molecule has 102 valence electrons. The quantitative estimate of drug-likeness (QED) is 0.819. The van der Waals surface area contributed by atoms with Crippen molar-refractivity contribution in [2.45, 2.75) is 39.3 Å². The van der Waals surface area contributed by atoms with Crippen LogP contribution in [0.2, 0.25) is 0 Å². The first-order valence-corrected chi connectivity index (χ1v) is 6.40. The van der Waals surface area contributed by atoms with Crippen LogP contribution in [0.25, 0.3) is 0 Å². The van der Waals surface area contributed by atoms with Crippen molar-refractivity contribution in [2.75, 3.05) is 18.1 Å². The fourth-order valence-electron chi connectivity index (χ4n) is 2.12. The molecule has 1 aromatic carbocycles. The Morgan fingerprint density at radius 2 is 2.00 bits per heavy atom. The van der Waals surface area contributed by atoms with Crippen molar-refractivity contribution in [2.24, 2.45) is 5.73 Å². The maximum atomic E-state index is 13.9. The largest absolute Gasteiger partial charge is 0.396 e. The molecule has 1 aromatic rings. The van der Waals surface area contributed by atoms with Crippen LogP contribution in [0.5, 0.6) is 0 Å². The second-order valence-corrected chi connectivity index (χ2v) is 4.83. The lowest BCUT2D eigenvalue weighted by Crippen LogP contribution is -2.34. The number of halogens is 1. The van der Waals surface area contributed by atoms with Crippen molar-refractivity contribution < 1.29 is 9.50 Å². The zero-order valence-electron chi connectivity index (χ0n) is 11.4. The molecule has 3 nitrogen and oxygen atoms in total. The van der Waals surface area contributed by atoms with E-state index in [0.717, 1.165) is 5.69 Å². The lowest BCUT2D eigenvalue weighted by molar-refractivity contribution is 0.288. The third-order valence-corrected chi connectivity index (χ3v) is 2.98. The summed E-state index contributed by atoms with van der Waals surface area (Å²) in [6, 6.07) is 4.91. The van der Waals surface area contributed by atoms with Crippen molar-refractivity contribution in [1.82, 2.24) is 0 Å². The normalized spacial score (nSPS) is 12.8. The average molecular weight is 254 g/mol. The molecule has 18 heavy (non-hydrogen) atoms. The van der Waals surface area contributed by atoms with Gasteiger partial charge in [-0.15, -0.1) is 0 Å². The van der Waals surface area contributed by atoms with Gasteiger partial charge in [0.15, 0.2) is 0 Å². The number of hydrogen-bond acceptors (Lipinski definition) is 3. The van der Waals surface area contributed by atoms with Crippen molar-refractivity contribution in [3.8, 4) is 0 Å². The van der Waals surface area contributed by atoms with Crippen LogP contribution in [0.1, 0.15) is 38.8 Å². The molecule has 0 heterocycles. The van der Waals surface area contributed by atoms with Gasteiger partial charge < -0.3 is 15.7 Å². The van der Waals surface area contributed by atoms with E-state index in [4.69, 9.17) is 10.8 Å².